The zero-order valence-electron chi connectivity index (χ0n) is 9.00. The minimum Gasteiger partial charge on any atom is -0.393 e. The van der Waals surface area contributed by atoms with E-state index in [4.69, 9.17) is 0 Å². The van der Waals surface area contributed by atoms with E-state index in [1.54, 1.807) is 0 Å². The van der Waals surface area contributed by atoms with Crippen LogP contribution in [0, 0.1) is 0 Å². The molecule has 1 N–H and O–H groups in total. The molecule has 1 aliphatic heterocycles. The molecule has 1 heterocycles. The van der Waals surface area contributed by atoms with Crippen molar-refractivity contribution in [2.75, 3.05) is 0 Å². The van der Waals surface area contributed by atoms with E-state index in [1.807, 2.05) is 27.7 Å². The van der Waals surface area contributed by atoms with Crippen molar-refractivity contribution in [2.45, 2.75) is 64.1 Å². The van der Waals surface area contributed by atoms with Crippen LogP contribution in [0.1, 0.15) is 47.0 Å². The molecule has 0 bridgehead atoms. The number of hydrogen-bond acceptors (Lipinski definition) is 2. The van der Waals surface area contributed by atoms with Gasteiger partial charge in [-0.05, 0) is 40.0 Å². The molecule has 0 aliphatic carbocycles. The fraction of sp³-hybridized carbons (Fsp3) is 1.00. The third-order valence-corrected chi connectivity index (χ3v) is 3.21. The van der Waals surface area contributed by atoms with Crippen molar-refractivity contribution in [1.82, 2.24) is 5.06 Å². The normalized spacial score (nSPS) is 40.6. The first kappa shape index (κ1) is 11.0. The van der Waals surface area contributed by atoms with E-state index >= 15 is 0 Å². The maximum Gasteiger partial charge on any atom is 0.0577 e. The second-order valence-electron chi connectivity index (χ2n) is 5.02. The summed E-state index contributed by atoms with van der Waals surface area (Å²) in [5.74, 6) is 0. The first-order valence-electron chi connectivity index (χ1n) is 4.97. The van der Waals surface area contributed by atoms with Gasteiger partial charge in [0, 0.05) is 11.1 Å². The molecular formula is C10H20NO2. The second-order valence-corrected chi connectivity index (χ2v) is 5.02. The number of aliphatic hydroxyl groups is 1. The highest BCUT2D eigenvalue weighted by Gasteiger charge is 2.47. The van der Waals surface area contributed by atoms with Gasteiger partial charge in [0.25, 0.3) is 0 Å². The average molecular weight is 186 g/mol. The molecule has 1 aliphatic rings. The molecule has 3 nitrogen and oxygen atoms in total. The van der Waals surface area contributed by atoms with Crippen LogP contribution < -0.4 is 0 Å². The maximum atomic E-state index is 12.0. The first-order valence-corrected chi connectivity index (χ1v) is 4.97. The maximum absolute atomic E-state index is 12.0. The van der Waals surface area contributed by atoms with Crippen molar-refractivity contribution in [3.63, 3.8) is 0 Å². The Morgan fingerprint density at radius 2 is 1.92 bits per heavy atom. The van der Waals surface area contributed by atoms with Gasteiger partial charge < -0.3 is 5.11 Å². The molecule has 0 aromatic carbocycles. The van der Waals surface area contributed by atoms with Gasteiger partial charge in [-0.1, -0.05) is 6.92 Å². The molecule has 1 saturated heterocycles. The van der Waals surface area contributed by atoms with E-state index < -0.39 is 5.54 Å². The van der Waals surface area contributed by atoms with Crippen LogP contribution in [-0.4, -0.2) is 27.4 Å². The number of hydrogen-bond donors (Lipinski definition) is 1. The van der Waals surface area contributed by atoms with Gasteiger partial charge in [0.1, 0.15) is 0 Å². The summed E-state index contributed by atoms with van der Waals surface area (Å²) in [5.41, 5.74) is -0.816. The van der Waals surface area contributed by atoms with Gasteiger partial charge in [-0.3, -0.25) is 0 Å². The molecule has 0 aromatic rings. The average Bonchev–Trinajstić information content (AvgIpc) is 1.99. The number of rotatable bonds is 1. The summed E-state index contributed by atoms with van der Waals surface area (Å²) in [5, 5.41) is 22.8. The third kappa shape index (κ3) is 1.87. The quantitative estimate of drug-likeness (QED) is 0.677. The van der Waals surface area contributed by atoms with Gasteiger partial charge in [-0.2, -0.15) is 0 Å². The molecule has 1 fully saturated rings. The molecule has 0 aromatic heterocycles. The Morgan fingerprint density at radius 3 is 2.38 bits per heavy atom. The SMILES string of the molecule is CCC1(C)CC(O)CC(C)(C)N1[O]. The summed E-state index contributed by atoms with van der Waals surface area (Å²) in [6.45, 7) is 7.73. The van der Waals surface area contributed by atoms with E-state index in [-0.39, 0.29) is 11.6 Å². The van der Waals surface area contributed by atoms with Crippen LogP contribution in [0.15, 0.2) is 0 Å². The Bertz CT molecular complexity index is 193. The monoisotopic (exact) mass is 186 g/mol. The van der Waals surface area contributed by atoms with E-state index in [0.717, 1.165) is 6.42 Å². The van der Waals surface area contributed by atoms with Crippen molar-refractivity contribution in [2.24, 2.45) is 0 Å². The van der Waals surface area contributed by atoms with E-state index in [0.29, 0.717) is 12.8 Å². The highest BCUT2D eigenvalue weighted by atomic mass is 16.5. The number of hydroxylamine groups is 2. The van der Waals surface area contributed by atoms with Crippen LogP contribution in [0.4, 0.5) is 0 Å². The largest absolute Gasteiger partial charge is 0.393 e. The van der Waals surface area contributed by atoms with Crippen molar-refractivity contribution >= 4 is 0 Å². The minimum atomic E-state index is -0.428. The molecule has 77 valence electrons. The smallest absolute Gasteiger partial charge is 0.0577 e. The lowest BCUT2D eigenvalue weighted by Crippen LogP contribution is -2.60. The Kier molecular flexibility index (Phi) is 2.72. The molecule has 0 saturated carbocycles. The highest BCUT2D eigenvalue weighted by Crippen LogP contribution is 2.38. The van der Waals surface area contributed by atoms with Crippen LogP contribution in [0.25, 0.3) is 0 Å². The summed E-state index contributed by atoms with van der Waals surface area (Å²) < 4.78 is 0. The lowest BCUT2D eigenvalue weighted by atomic mass is 9.78. The molecule has 2 atom stereocenters. The Hall–Kier alpha value is -0.120. The van der Waals surface area contributed by atoms with Crippen molar-refractivity contribution < 1.29 is 10.3 Å². The zero-order valence-corrected chi connectivity index (χ0v) is 9.00. The van der Waals surface area contributed by atoms with Crippen LogP contribution in [0.3, 0.4) is 0 Å². The second kappa shape index (κ2) is 3.23. The Morgan fingerprint density at radius 1 is 1.38 bits per heavy atom. The summed E-state index contributed by atoms with van der Waals surface area (Å²) in [7, 11) is 0. The Labute approximate surface area is 80.3 Å². The lowest BCUT2D eigenvalue weighted by Gasteiger charge is -2.50. The van der Waals surface area contributed by atoms with Gasteiger partial charge >= 0.3 is 0 Å². The molecule has 0 spiro atoms. The fourth-order valence-electron chi connectivity index (χ4n) is 2.34. The van der Waals surface area contributed by atoms with Gasteiger partial charge in [0.15, 0.2) is 0 Å². The summed E-state index contributed by atoms with van der Waals surface area (Å²) in [6.07, 6.45) is 1.63. The van der Waals surface area contributed by atoms with Crippen LogP contribution in [0.5, 0.6) is 0 Å². The van der Waals surface area contributed by atoms with Gasteiger partial charge in [0.05, 0.1) is 6.10 Å². The van der Waals surface area contributed by atoms with Crippen molar-refractivity contribution in [1.29, 1.82) is 0 Å². The molecular weight excluding hydrogens is 166 g/mol. The number of piperidine rings is 1. The zero-order chi connectivity index (χ0) is 10.3. The first-order chi connectivity index (χ1) is 5.82. The molecule has 2 unspecified atom stereocenters. The van der Waals surface area contributed by atoms with E-state index in [9.17, 15) is 10.3 Å². The predicted octanol–water partition coefficient (Wildman–Crippen LogP) is 1.74. The third-order valence-electron chi connectivity index (χ3n) is 3.21. The molecule has 0 amide bonds. The van der Waals surface area contributed by atoms with Gasteiger partial charge in [-0.15, -0.1) is 10.3 Å². The standard InChI is InChI=1S/C10H20NO2/c1-5-10(4)7-8(12)6-9(2,3)11(10)13/h8,12H,5-7H2,1-4H3. The predicted molar refractivity (Wildman–Crippen MR) is 50.5 cm³/mol. The summed E-state index contributed by atoms with van der Waals surface area (Å²) in [4.78, 5) is 0. The molecule has 1 radical (unpaired) electrons. The molecule has 13 heavy (non-hydrogen) atoms. The van der Waals surface area contributed by atoms with E-state index in [2.05, 4.69) is 0 Å². The minimum absolute atomic E-state index is 0.329. The van der Waals surface area contributed by atoms with Gasteiger partial charge in [-0.25, -0.2) is 0 Å². The Balaban J connectivity index is 2.88. The summed E-state index contributed by atoms with van der Waals surface area (Å²) in [6, 6.07) is 0. The molecule has 3 heteroatoms. The number of nitrogens with zero attached hydrogens (tertiary/aromatic N) is 1. The topological polar surface area (TPSA) is 43.4 Å². The highest BCUT2D eigenvalue weighted by molar-refractivity contribution is 4.97. The molecule has 1 rings (SSSR count). The van der Waals surface area contributed by atoms with Crippen molar-refractivity contribution in [3.05, 3.63) is 0 Å². The number of aliphatic hydroxyl groups excluding tert-OH is 1. The fourth-order valence-corrected chi connectivity index (χ4v) is 2.34. The van der Waals surface area contributed by atoms with Crippen molar-refractivity contribution in [3.8, 4) is 0 Å². The van der Waals surface area contributed by atoms with Crippen LogP contribution >= 0.6 is 0 Å². The van der Waals surface area contributed by atoms with Gasteiger partial charge in [0.2, 0.25) is 0 Å². The van der Waals surface area contributed by atoms with E-state index in [1.165, 1.54) is 5.06 Å². The summed E-state index contributed by atoms with van der Waals surface area (Å²) >= 11 is 0. The lowest BCUT2D eigenvalue weighted by molar-refractivity contribution is -0.303. The van der Waals surface area contributed by atoms with Crippen LogP contribution in [0.2, 0.25) is 0 Å². The van der Waals surface area contributed by atoms with Crippen LogP contribution in [-0.2, 0) is 5.21 Å².